The Morgan fingerprint density at radius 1 is 1.31 bits per heavy atom. The molecule has 1 N–H and O–H groups in total. The third-order valence-electron chi connectivity index (χ3n) is 4.03. The molecule has 0 radical (unpaired) electrons. The first-order valence-electron chi connectivity index (χ1n) is 8.35. The van der Waals surface area contributed by atoms with Gasteiger partial charge in [-0.3, -0.25) is 4.79 Å². The van der Waals surface area contributed by atoms with Gasteiger partial charge in [-0.2, -0.15) is 0 Å². The Kier molecular flexibility index (Phi) is 9.07. The van der Waals surface area contributed by atoms with E-state index in [1.54, 1.807) is 6.08 Å². The largest absolute Gasteiger partial charge is 0.477 e. The Labute approximate surface area is 173 Å². The minimum Gasteiger partial charge on any atom is -0.477 e. The smallest absolute Gasteiger partial charge is 0.341 e. The van der Waals surface area contributed by atoms with Gasteiger partial charge in [0.15, 0.2) is 5.78 Å². The van der Waals surface area contributed by atoms with Crippen molar-refractivity contribution in [2.24, 2.45) is 0 Å². The fraction of sp³-hybridized carbons (Fsp3) is 0.400. The first-order chi connectivity index (χ1) is 12.1. The molecular weight excluding hydrogens is 432 g/mol. The minimum atomic E-state index is -1.05. The van der Waals surface area contributed by atoms with E-state index in [-0.39, 0.29) is 10.7 Å². The highest BCUT2D eigenvalue weighted by molar-refractivity contribution is 9.09. The second-order valence-corrected chi connectivity index (χ2v) is 8.54. The van der Waals surface area contributed by atoms with Crippen molar-refractivity contribution >= 4 is 57.2 Å². The van der Waals surface area contributed by atoms with Crippen molar-refractivity contribution in [2.45, 2.75) is 47.5 Å². The van der Waals surface area contributed by atoms with E-state index in [0.717, 1.165) is 50.5 Å². The van der Waals surface area contributed by atoms with E-state index < -0.39 is 5.97 Å². The molecular formula is C20H25BrO3S2. The Balaban J connectivity index is 3.62. The van der Waals surface area contributed by atoms with Crippen LogP contribution < -0.4 is 0 Å². The molecule has 0 aliphatic rings. The summed E-state index contributed by atoms with van der Waals surface area (Å²) in [6, 6.07) is 1.96. The van der Waals surface area contributed by atoms with E-state index in [1.165, 1.54) is 11.3 Å². The molecule has 0 aliphatic heterocycles. The zero-order valence-corrected chi connectivity index (χ0v) is 19.1. The molecule has 3 nitrogen and oxygen atoms in total. The fourth-order valence-electron chi connectivity index (χ4n) is 2.75. The lowest BCUT2D eigenvalue weighted by Crippen LogP contribution is -1.99. The third-order valence-corrected chi connectivity index (χ3v) is 5.96. The third kappa shape index (κ3) is 5.69. The van der Waals surface area contributed by atoms with E-state index >= 15 is 0 Å². The fourth-order valence-corrected chi connectivity index (χ4v) is 4.35. The molecule has 0 unspecified atom stereocenters. The Bertz CT molecular complexity index is 794. The van der Waals surface area contributed by atoms with Crippen LogP contribution in [0.1, 0.15) is 60.6 Å². The van der Waals surface area contributed by atoms with E-state index in [1.807, 2.05) is 33.8 Å². The Morgan fingerprint density at radius 3 is 2.38 bits per heavy atom. The van der Waals surface area contributed by atoms with Crippen molar-refractivity contribution < 1.29 is 14.7 Å². The standard InChI is InChI=1S/C20H25BrO3S2/c1-6-7-14(16-9-19(17(22)10-21)26-13(16)5)12(4)15(11(2)3)8-18(25)20(23)24/h8-9,25H,6-7,10H2,1-5H3,(H,23,24)/b14-12-,18-8-. The number of thiophene rings is 1. The predicted molar refractivity (Wildman–Crippen MR) is 118 cm³/mol. The summed E-state index contributed by atoms with van der Waals surface area (Å²) >= 11 is 8.82. The van der Waals surface area contributed by atoms with E-state index in [4.69, 9.17) is 5.11 Å². The number of halogens is 1. The molecule has 0 saturated carbocycles. The molecule has 1 aromatic rings. The monoisotopic (exact) mass is 456 g/mol. The number of ketones is 1. The van der Waals surface area contributed by atoms with Gasteiger partial charge in [0.1, 0.15) is 0 Å². The van der Waals surface area contributed by atoms with Crippen molar-refractivity contribution in [3.8, 4) is 0 Å². The second kappa shape index (κ2) is 10.3. The van der Waals surface area contributed by atoms with Crippen LogP contribution in [-0.2, 0) is 4.79 Å². The van der Waals surface area contributed by atoms with Gasteiger partial charge in [-0.05, 0) is 68.5 Å². The van der Waals surface area contributed by atoms with Gasteiger partial charge in [0.2, 0.25) is 0 Å². The molecule has 0 atom stereocenters. The summed E-state index contributed by atoms with van der Waals surface area (Å²) in [5.41, 5.74) is 5.14. The number of allylic oxidation sites excluding steroid dienone is 5. The molecule has 0 amide bonds. The van der Waals surface area contributed by atoms with Crippen molar-refractivity contribution in [3.63, 3.8) is 0 Å². The molecule has 26 heavy (non-hydrogen) atoms. The van der Waals surface area contributed by atoms with Crippen LogP contribution in [0.4, 0.5) is 0 Å². The van der Waals surface area contributed by atoms with E-state index in [9.17, 15) is 9.59 Å². The Hall–Kier alpha value is -1.11. The van der Waals surface area contributed by atoms with Gasteiger partial charge in [-0.25, -0.2) is 4.79 Å². The van der Waals surface area contributed by atoms with Crippen LogP contribution in [-0.4, -0.2) is 22.2 Å². The van der Waals surface area contributed by atoms with Gasteiger partial charge >= 0.3 is 5.97 Å². The summed E-state index contributed by atoms with van der Waals surface area (Å²) in [5, 5.41) is 9.47. The average molecular weight is 457 g/mol. The molecule has 0 aromatic carbocycles. The second-order valence-electron chi connectivity index (χ2n) is 6.24. The van der Waals surface area contributed by atoms with Crippen LogP contribution >= 0.6 is 39.9 Å². The summed E-state index contributed by atoms with van der Waals surface area (Å²) in [6.45, 7) is 10.1. The number of thiol groups is 1. The highest BCUT2D eigenvalue weighted by atomic mass is 79.9. The van der Waals surface area contributed by atoms with Gasteiger partial charge in [-0.15, -0.1) is 24.0 Å². The number of aryl methyl sites for hydroxylation is 1. The van der Waals surface area contributed by atoms with Crippen LogP contribution in [0.2, 0.25) is 0 Å². The number of carboxylic acids is 1. The minimum absolute atomic E-state index is 0.00796. The first kappa shape index (κ1) is 22.9. The predicted octanol–water partition coefficient (Wildman–Crippen LogP) is 6.44. The lowest BCUT2D eigenvalue weighted by molar-refractivity contribution is -0.131. The number of carboxylic acid groups (broad SMARTS) is 1. The highest BCUT2D eigenvalue weighted by Gasteiger charge is 2.17. The maximum atomic E-state index is 12.0. The van der Waals surface area contributed by atoms with Crippen molar-refractivity contribution in [1.82, 2.24) is 0 Å². The molecule has 1 rings (SSSR count). The quantitative estimate of drug-likeness (QED) is 0.155. The average Bonchev–Trinajstić information content (AvgIpc) is 2.97. The molecule has 0 bridgehead atoms. The molecule has 0 saturated heterocycles. The molecule has 0 aliphatic carbocycles. The lowest BCUT2D eigenvalue weighted by Gasteiger charge is -2.15. The number of carbonyl (C=O) groups is 2. The van der Waals surface area contributed by atoms with Crippen LogP contribution in [0, 0.1) is 6.92 Å². The number of hydrogen-bond donors (Lipinski definition) is 2. The maximum Gasteiger partial charge on any atom is 0.341 e. The zero-order valence-electron chi connectivity index (χ0n) is 15.8. The summed E-state index contributed by atoms with van der Waals surface area (Å²) in [4.78, 5) is 25.1. The first-order valence-corrected chi connectivity index (χ1v) is 10.7. The topological polar surface area (TPSA) is 54.4 Å². The normalized spacial score (nSPS) is 12.7. The summed E-state index contributed by atoms with van der Waals surface area (Å²) < 4.78 is 0. The van der Waals surface area contributed by atoms with Gasteiger partial charge in [0.25, 0.3) is 0 Å². The maximum absolute atomic E-state index is 12.0. The van der Waals surface area contributed by atoms with E-state index in [0.29, 0.717) is 5.33 Å². The number of aliphatic carboxylic acids is 1. The lowest BCUT2D eigenvalue weighted by atomic mass is 9.90. The number of rotatable bonds is 8. The summed E-state index contributed by atoms with van der Waals surface area (Å²) in [5.74, 6) is -0.974. The van der Waals surface area contributed by atoms with Crippen LogP contribution in [0.5, 0.6) is 0 Å². The van der Waals surface area contributed by atoms with E-state index in [2.05, 4.69) is 35.5 Å². The van der Waals surface area contributed by atoms with Crippen LogP contribution in [0.3, 0.4) is 0 Å². The van der Waals surface area contributed by atoms with Crippen LogP contribution in [0.25, 0.3) is 5.57 Å². The Morgan fingerprint density at radius 2 is 1.92 bits per heavy atom. The number of alkyl halides is 1. The van der Waals surface area contributed by atoms with Gasteiger partial charge < -0.3 is 5.11 Å². The molecule has 0 spiro atoms. The molecule has 1 aromatic heterocycles. The number of carbonyl (C=O) groups excluding carboxylic acids is 1. The highest BCUT2D eigenvalue weighted by Crippen LogP contribution is 2.36. The molecule has 1 heterocycles. The zero-order chi connectivity index (χ0) is 20.0. The van der Waals surface area contributed by atoms with Crippen molar-refractivity contribution in [2.75, 3.05) is 5.33 Å². The van der Waals surface area contributed by atoms with Crippen LogP contribution in [0.15, 0.2) is 33.8 Å². The summed E-state index contributed by atoms with van der Waals surface area (Å²) in [7, 11) is 0. The van der Waals surface area contributed by atoms with Gasteiger partial charge in [0.05, 0.1) is 15.1 Å². The van der Waals surface area contributed by atoms with Gasteiger partial charge in [-0.1, -0.05) is 34.8 Å². The number of hydrogen-bond acceptors (Lipinski definition) is 4. The summed E-state index contributed by atoms with van der Waals surface area (Å²) in [6.07, 6.45) is 3.42. The SMILES string of the molecule is CCC/C(=C(\C)C(/C=C(\S)C(=O)O)=C(C)C)c1cc(C(=O)CBr)sc1C. The van der Waals surface area contributed by atoms with Gasteiger partial charge in [0, 0.05) is 4.88 Å². The molecule has 142 valence electrons. The van der Waals surface area contributed by atoms with Crippen molar-refractivity contribution in [3.05, 3.63) is 49.1 Å². The molecule has 0 fully saturated rings. The number of Topliss-reactive ketones (excluding diaryl/α,β-unsaturated/α-hetero) is 1. The molecule has 6 heteroatoms. The van der Waals surface area contributed by atoms with Crippen molar-refractivity contribution in [1.29, 1.82) is 0 Å².